The first-order chi connectivity index (χ1) is 8.66. The van der Waals surface area contributed by atoms with Crippen LogP contribution in [0.25, 0.3) is 0 Å². The summed E-state index contributed by atoms with van der Waals surface area (Å²) in [6, 6.07) is 11.6. The maximum Gasteiger partial charge on any atom is 0.0187 e. The number of likely N-dealkylation sites (N-methyl/N-ethyl adjacent to an activating group) is 1. The highest BCUT2D eigenvalue weighted by atomic mass is 14.9. The van der Waals surface area contributed by atoms with E-state index in [1.807, 2.05) is 0 Å². The highest BCUT2D eigenvalue weighted by Crippen LogP contribution is 2.38. The molecule has 0 spiro atoms. The summed E-state index contributed by atoms with van der Waals surface area (Å²) in [6.45, 7) is 8.09. The molecule has 1 aromatic rings. The largest absolute Gasteiger partial charge is 0.313 e. The smallest absolute Gasteiger partial charge is 0.0187 e. The molecule has 0 aromatic heterocycles. The molecule has 0 saturated heterocycles. The minimum absolute atomic E-state index is 0.215. The van der Waals surface area contributed by atoms with Crippen LogP contribution in [0.5, 0.6) is 0 Å². The van der Waals surface area contributed by atoms with E-state index in [-0.39, 0.29) is 5.41 Å². The van der Waals surface area contributed by atoms with Crippen LogP contribution < -0.4 is 5.32 Å². The zero-order chi connectivity index (χ0) is 13.0. The van der Waals surface area contributed by atoms with Crippen LogP contribution in [0.15, 0.2) is 30.3 Å². The Morgan fingerprint density at radius 3 is 2.33 bits per heavy atom. The monoisotopic (exact) mass is 245 g/mol. The van der Waals surface area contributed by atoms with Crippen molar-refractivity contribution in [2.45, 2.75) is 57.9 Å². The molecule has 0 aliphatic heterocycles. The van der Waals surface area contributed by atoms with Crippen molar-refractivity contribution in [1.82, 2.24) is 5.32 Å². The SMILES string of the molecule is CCNC(C1CCCC1)C(C)(C)c1ccccc1. The molecule has 100 valence electrons. The molecule has 0 radical (unpaired) electrons. The van der Waals surface area contributed by atoms with Gasteiger partial charge in [0, 0.05) is 11.5 Å². The standard InChI is InChI=1S/C17H27N/c1-4-18-16(14-10-8-9-11-14)17(2,3)15-12-6-5-7-13-15/h5-7,12-14,16,18H,4,8-11H2,1-3H3. The molecule has 0 bridgehead atoms. The van der Waals surface area contributed by atoms with Crippen molar-refractivity contribution in [3.8, 4) is 0 Å². The van der Waals surface area contributed by atoms with Gasteiger partial charge in [-0.2, -0.15) is 0 Å². The van der Waals surface area contributed by atoms with Crippen molar-refractivity contribution in [1.29, 1.82) is 0 Å². The van der Waals surface area contributed by atoms with E-state index < -0.39 is 0 Å². The third-order valence-electron chi connectivity index (χ3n) is 4.59. The molecule has 1 saturated carbocycles. The van der Waals surface area contributed by atoms with Gasteiger partial charge in [0.25, 0.3) is 0 Å². The van der Waals surface area contributed by atoms with E-state index in [2.05, 4.69) is 56.4 Å². The molecular weight excluding hydrogens is 218 g/mol. The first-order valence-electron chi connectivity index (χ1n) is 7.45. The normalized spacial score (nSPS) is 19.1. The number of hydrogen-bond acceptors (Lipinski definition) is 1. The Morgan fingerprint density at radius 2 is 1.78 bits per heavy atom. The number of nitrogens with one attached hydrogen (secondary N) is 1. The lowest BCUT2D eigenvalue weighted by molar-refractivity contribution is 0.250. The summed E-state index contributed by atoms with van der Waals surface area (Å²) >= 11 is 0. The number of hydrogen-bond donors (Lipinski definition) is 1. The molecule has 2 rings (SSSR count). The van der Waals surface area contributed by atoms with Crippen LogP contribution in [0, 0.1) is 5.92 Å². The molecule has 1 N–H and O–H groups in total. The summed E-state index contributed by atoms with van der Waals surface area (Å²) in [6.07, 6.45) is 5.62. The molecule has 1 heteroatoms. The molecule has 1 atom stereocenters. The van der Waals surface area contributed by atoms with Gasteiger partial charge in [0.15, 0.2) is 0 Å². The highest BCUT2D eigenvalue weighted by Gasteiger charge is 2.37. The molecule has 1 nitrogen and oxygen atoms in total. The van der Waals surface area contributed by atoms with Crippen molar-refractivity contribution in [2.75, 3.05) is 6.54 Å². The van der Waals surface area contributed by atoms with Crippen molar-refractivity contribution in [3.05, 3.63) is 35.9 Å². The van der Waals surface area contributed by atoms with Gasteiger partial charge < -0.3 is 5.32 Å². The molecule has 1 fully saturated rings. The maximum absolute atomic E-state index is 3.76. The van der Waals surface area contributed by atoms with E-state index in [4.69, 9.17) is 0 Å². The fourth-order valence-corrected chi connectivity index (χ4v) is 3.57. The molecule has 0 heterocycles. The minimum Gasteiger partial charge on any atom is -0.313 e. The zero-order valence-electron chi connectivity index (χ0n) is 12.1. The van der Waals surface area contributed by atoms with E-state index in [0.717, 1.165) is 12.5 Å². The highest BCUT2D eigenvalue weighted by molar-refractivity contribution is 5.26. The predicted molar refractivity (Wildman–Crippen MR) is 78.9 cm³/mol. The second-order valence-electron chi connectivity index (χ2n) is 6.17. The Hall–Kier alpha value is -0.820. The molecule has 18 heavy (non-hydrogen) atoms. The Kier molecular flexibility index (Phi) is 4.45. The summed E-state index contributed by atoms with van der Waals surface area (Å²) in [5.41, 5.74) is 1.68. The van der Waals surface area contributed by atoms with Crippen LogP contribution in [-0.4, -0.2) is 12.6 Å². The molecular formula is C17H27N. The summed E-state index contributed by atoms with van der Waals surface area (Å²) in [7, 11) is 0. The average Bonchev–Trinajstić information content (AvgIpc) is 2.90. The van der Waals surface area contributed by atoms with Gasteiger partial charge in [-0.05, 0) is 30.9 Å². The summed E-state index contributed by atoms with van der Waals surface area (Å²) in [5, 5.41) is 3.76. The van der Waals surface area contributed by atoms with Crippen LogP contribution >= 0.6 is 0 Å². The van der Waals surface area contributed by atoms with Crippen LogP contribution in [-0.2, 0) is 5.41 Å². The van der Waals surface area contributed by atoms with E-state index in [9.17, 15) is 0 Å². The second kappa shape index (κ2) is 5.88. The van der Waals surface area contributed by atoms with Gasteiger partial charge in [0.2, 0.25) is 0 Å². The van der Waals surface area contributed by atoms with Crippen molar-refractivity contribution < 1.29 is 0 Å². The van der Waals surface area contributed by atoms with E-state index in [1.165, 1.54) is 31.2 Å². The molecule has 0 amide bonds. The van der Waals surface area contributed by atoms with Crippen molar-refractivity contribution in [2.24, 2.45) is 5.92 Å². The van der Waals surface area contributed by atoms with Gasteiger partial charge in [0.1, 0.15) is 0 Å². The zero-order valence-corrected chi connectivity index (χ0v) is 12.1. The third kappa shape index (κ3) is 2.77. The fraction of sp³-hybridized carbons (Fsp3) is 0.647. The van der Waals surface area contributed by atoms with E-state index in [0.29, 0.717) is 6.04 Å². The minimum atomic E-state index is 0.215. The van der Waals surface area contributed by atoms with Gasteiger partial charge in [-0.25, -0.2) is 0 Å². The predicted octanol–water partition coefficient (Wildman–Crippen LogP) is 4.13. The fourth-order valence-electron chi connectivity index (χ4n) is 3.57. The van der Waals surface area contributed by atoms with Gasteiger partial charge in [-0.15, -0.1) is 0 Å². The molecule has 1 aliphatic rings. The topological polar surface area (TPSA) is 12.0 Å². The van der Waals surface area contributed by atoms with E-state index >= 15 is 0 Å². The van der Waals surface area contributed by atoms with Gasteiger partial charge in [-0.1, -0.05) is 63.9 Å². The first-order valence-corrected chi connectivity index (χ1v) is 7.45. The summed E-state index contributed by atoms with van der Waals surface area (Å²) in [5.74, 6) is 0.847. The van der Waals surface area contributed by atoms with Gasteiger partial charge in [-0.3, -0.25) is 0 Å². The van der Waals surface area contributed by atoms with Crippen LogP contribution in [0.4, 0.5) is 0 Å². The van der Waals surface area contributed by atoms with Gasteiger partial charge in [0.05, 0.1) is 0 Å². The maximum atomic E-state index is 3.76. The quantitative estimate of drug-likeness (QED) is 0.822. The Labute approximate surface area is 112 Å². The number of benzene rings is 1. The first kappa shape index (κ1) is 13.6. The van der Waals surface area contributed by atoms with Crippen LogP contribution in [0.2, 0.25) is 0 Å². The van der Waals surface area contributed by atoms with Gasteiger partial charge >= 0.3 is 0 Å². The second-order valence-corrected chi connectivity index (χ2v) is 6.17. The molecule has 1 aromatic carbocycles. The Balaban J connectivity index is 2.22. The Bertz CT molecular complexity index is 349. The van der Waals surface area contributed by atoms with E-state index in [1.54, 1.807) is 0 Å². The lowest BCUT2D eigenvalue weighted by Crippen LogP contribution is -2.49. The Morgan fingerprint density at radius 1 is 1.17 bits per heavy atom. The third-order valence-corrected chi connectivity index (χ3v) is 4.59. The van der Waals surface area contributed by atoms with Crippen molar-refractivity contribution in [3.63, 3.8) is 0 Å². The molecule has 1 unspecified atom stereocenters. The lowest BCUT2D eigenvalue weighted by atomic mass is 9.72. The van der Waals surface area contributed by atoms with Crippen LogP contribution in [0.1, 0.15) is 52.0 Å². The summed E-state index contributed by atoms with van der Waals surface area (Å²) in [4.78, 5) is 0. The van der Waals surface area contributed by atoms with Crippen molar-refractivity contribution >= 4 is 0 Å². The molecule has 1 aliphatic carbocycles. The number of rotatable bonds is 5. The van der Waals surface area contributed by atoms with Crippen LogP contribution in [0.3, 0.4) is 0 Å². The lowest BCUT2D eigenvalue weighted by Gasteiger charge is -2.39. The summed E-state index contributed by atoms with van der Waals surface area (Å²) < 4.78 is 0. The average molecular weight is 245 g/mol.